The summed E-state index contributed by atoms with van der Waals surface area (Å²) in [7, 11) is 2.13. The number of aromatic nitrogens is 1. The molecule has 1 saturated heterocycles. The molecular weight excluding hydrogens is 480 g/mol. The van der Waals surface area contributed by atoms with Crippen LogP contribution in [0.25, 0.3) is 11.3 Å². The minimum Gasteiger partial charge on any atom is -0.333 e. The fourth-order valence-corrected chi connectivity index (χ4v) is 4.29. The predicted octanol–water partition coefficient (Wildman–Crippen LogP) is 4.37. The topological polar surface area (TPSA) is 16.1 Å². The maximum absolute atomic E-state index is 4.32. The van der Waals surface area contributed by atoms with Crippen LogP contribution in [0.15, 0.2) is 34.0 Å². The molecule has 2 aliphatic heterocycles. The number of thiazole rings is 1. The average molecular weight is 501 g/mol. The number of hydrogen-bond donors (Lipinski definition) is 0. The van der Waals surface area contributed by atoms with Gasteiger partial charge in [-0.2, -0.15) is 0 Å². The molecule has 5 heteroatoms. The van der Waals surface area contributed by atoms with Gasteiger partial charge in [0.05, 0.1) is 11.2 Å². The monoisotopic (exact) mass is 501 g/mol. The molecule has 1 unspecified atom stereocenters. The van der Waals surface area contributed by atoms with Gasteiger partial charge in [-0.05, 0) is 44.1 Å². The van der Waals surface area contributed by atoms with E-state index >= 15 is 0 Å². The molecule has 1 fully saturated rings. The number of thioether (sulfide) groups is 1. The molecule has 0 aliphatic carbocycles. The summed E-state index contributed by atoms with van der Waals surface area (Å²) in [5, 5.41) is 2.10. The van der Waals surface area contributed by atoms with Gasteiger partial charge in [-0.1, -0.05) is 12.5 Å². The quantitative estimate of drug-likeness (QED) is 0.541. The molecule has 2 aromatic rings. The van der Waals surface area contributed by atoms with Crippen LogP contribution in [0.4, 0.5) is 0 Å². The Morgan fingerprint density at radius 3 is 2.82 bits per heavy atom. The summed E-state index contributed by atoms with van der Waals surface area (Å²) in [5.74, 6) is 1.23. The third kappa shape index (κ3) is 4.44. The Kier molecular flexibility index (Phi) is 7.14. The minimum atomic E-state index is 0. The van der Waals surface area contributed by atoms with Crippen molar-refractivity contribution in [3.8, 4) is 11.3 Å². The second-order valence-corrected chi connectivity index (χ2v) is 7.43. The van der Waals surface area contributed by atoms with Gasteiger partial charge in [0.15, 0.2) is 0 Å². The van der Waals surface area contributed by atoms with E-state index in [1.165, 1.54) is 47.6 Å². The Balaban J connectivity index is 0.000000189. The van der Waals surface area contributed by atoms with Gasteiger partial charge in [-0.15, -0.1) is 29.1 Å². The molecule has 1 aromatic heterocycles. The zero-order valence-electron chi connectivity index (χ0n) is 12.8. The second-order valence-electron chi connectivity index (χ2n) is 5.57. The molecule has 1 aromatic carbocycles. The van der Waals surface area contributed by atoms with Crippen LogP contribution in [0.1, 0.15) is 18.4 Å². The summed E-state index contributed by atoms with van der Waals surface area (Å²) in [4.78, 5) is 8.06. The van der Waals surface area contributed by atoms with Gasteiger partial charge in [0.25, 0.3) is 0 Å². The molecule has 0 amide bonds. The van der Waals surface area contributed by atoms with E-state index in [0.717, 1.165) is 5.69 Å². The summed E-state index contributed by atoms with van der Waals surface area (Å²) in [5.41, 5.74) is 5.74. The van der Waals surface area contributed by atoms with Crippen LogP contribution in [0.5, 0.6) is 0 Å². The summed E-state index contributed by atoms with van der Waals surface area (Å²) in [6.07, 6.45) is 3.83. The fourth-order valence-electron chi connectivity index (χ4n) is 2.68. The maximum Gasteiger partial charge on any atom is 0.0811 e. The van der Waals surface area contributed by atoms with E-state index < -0.39 is 0 Å². The van der Waals surface area contributed by atoms with Crippen LogP contribution in [0.3, 0.4) is 0 Å². The van der Waals surface area contributed by atoms with Crippen LogP contribution in [-0.2, 0) is 27.5 Å². The number of rotatable bonds is 1. The van der Waals surface area contributed by atoms with Crippen LogP contribution < -0.4 is 0 Å². The number of likely N-dealkylation sites (tertiary alicyclic amines) is 1. The molecule has 3 heterocycles. The van der Waals surface area contributed by atoms with Crippen molar-refractivity contribution in [3.63, 3.8) is 0 Å². The van der Waals surface area contributed by atoms with Gasteiger partial charge in [-0.3, -0.25) is 0 Å². The average Bonchev–Trinajstić information content (AvgIpc) is 3.22. The zero-order chi connectivity index (χ0) is 14.7. The first-order valence-electron chi connectivity index (χ1n) is 7.41. The molecular formula is C17H21N2S2W-. The summed E-state index contributed by atoms with van der Waals surface area (Å²) in [6.45, 7) is 5.19. The van der Waals surface area contributed by atoms with Crippen molar-refractivity contribution in [2.24, 2.45) is 0 Å². The van der Waals surface area contributed by atoms with Gasteiger partial charge in [0, 0.05) is 42.7 Å². The number of fused-ring (bicyclic) bond motifs is 1. The number of hydrogen-bond acceptors (Lipinski definition) is 4. The normalized spacial score (nSPS) is 20.0. The summed E-state index contributed by atoms with van der Waals surface area (Å²) < 4.78 is 0. The Bertz CT molecular complexity index is 578. The van der Waals surface area contributed by atoms with E-state index in [1.807, 2.05) is 17.3 Å². The van der Waals surface area contributed by atoms with Crippen LogP contribution in [0.2, 0.25) is 0 Å². The minimum absolute atomic E-state index is 0. The van der Waals surface area contributed by atoms with E-state index in [2.05, 4.69) is 47.4 Å². The smallest absolute Gasteiger partial charge is 0.0811 e. The molecule has 0 bridgehead atoms. The van der Waals surface area contributed by atoms with E-state index in [0.29, 0.717) is 6.04 Å². The molecule has 4 rings (SSSR count). The number of benzene rings is 1. The zero-order valence-corrected chi connectivity index (χ0v) is 17.4. The standard InChI is InChI=1S/C11H9NS2.C6H12N.W/c1-2-11-9(3-4-14-11)5-8(1)10-6-13-7-12-10;1-6-4-3-5-7(6)2;/h1-2,5-7H,3-4H2;6H,1,3-5H2,2H3;/q;-1;. The van der Waals surface area contributed by atoms with E-state index in [9.17, 15) is 0 Å². The number of nitrogens with zero attached hydrogens (tertiary/aromatic N) is 2. The third-order valence-corrected chi connectivity index (χ3v) is 5.79. The molecule has 2 aliphatic rings. The van der Waals surface area contributed by atoms with Crippen LogP contribution in [-0.4, -0.2) is 35.3 Å². The van der Waals surface area contributed by atoms with Crippen molar-refractivity contribution in [2.45, 2.75) is 30.2 Å². The third-order valence-electron chi connectivity index (χ3n) is 4.09. The van der Waals surface area contributed by atoms with E-state index in [-0.39, 0.29) is 21.1 Å². The molecule has 118 valence electrons. The van der Waals surface area contributed by atoms with E-state index in [1.54, 1.807) is 11.3 Å². The molecule has 0 spiro atoms. The summed E-state index contributed by atoms with van der Waals surface area (Å²) in [6, 6.07) is 7.28. The summed E-state index contributed by atoms with van der Waals surface area (Å²) >= 11 is 3.61. The van der Waals surface area contributed by atoms with Crippen molar-refractivity contribution < 1.29 is 21.1 Å². The Morgan fingerprint density at radius 1 is 1.36 bits per heavy atom. The van der Waals surface area contributed by atoms with Gasteiger partial charge in [0.2, 0.25) is 0 Å². The van der Waals surface area contributed by atoms with Gasteiger partial charge < -0.3 is 11.8 Å². The van der Waals surface area contributed by atoms with E-state index in [4.69, 9.17) is 0 Å². The molecule has 2 nitrogen and oxygen atoms in total. The first-order chi connectivity index (χ1) is 10.2. The van der Waals surface area contributed by atoms with Crippen LogP contribution >= 0.6 is 23.1 Å². The second kappa shape index (κ2) is 8.63. The van der Waals surface area contributed by atoms with Crippen molar-refractivity contribution in [2.75, 3.05) is 19.3 Å². The fraction of sp³-hybridized carbons (Fsp3) is 0.412. The first kappa shape index (κ1) is 18.2. The molecule has 0 saturated carbocycles. The SMILES string of the molecule is [CH2-]C1CCCN1C.[W].c1nc(-c2ccc3c(c2)CCS3)cs1. The largest absolute Gasteiger partial charge is 0.333 e. The predicted molar refractivity (Wildman–Crippen MR) is 93.0 cm³/mol. The van der Waals surface area contributed by atoms with Crippen molar-refractivity contribution in [1.82, 2.24) is 9.88 Å². The Labute approximate surface area is 156 Å². The van der Waals surface area contributed by atoms with Crippen molar-refractivity contribution in [1.29, 1.82) is 0 Å². The molecule has 1 atom stereocenters. The Hall–Kier alpha value is -0.152. The Morgan fingerprint density at radius 2 is 2.23 bits per heavy atom. The van der Waals surface area contributed by atoms with Crippen LogP contribution in [0, 0.1) is 6.92 Å². The first-order valence-corrected chi connectivity index (χ1v) is 9.34. The maximum atomic E-state index is 4.32. The van der Waals surface area contributed by atoms with Crippen molar-refractivity contribution >= 4 is 23.1 Å². The van der Waals surface area contributed by atoms with Gasteiger partial charge in [-0.25, -0.2) is 4.98 Å². The molecule has 22 heavy (non-hydrogen) atoms. The van der Waals surface area contributed by atoms with Gasteiger partial charge >= 0.3 is 0 Å². The molecule has 0 radical (unpaired) electrons. The van der Waals surface area contributed by atoms with Gasteiger partial charge in [0.1, 0.15) is 0 Å². The molecule has 0 N–H and O–H groups in total. The number of aryl methyl sites for hydroxylation is 1. The van der Waals surface area contributed by atoms with Crippen molar-refractivity contribution in [3.05, 3.63) is 41.6 Å².